The molecule has 1 amide bonds. The Hall–Kier alpha value is -2.39. The summed E-state index contributed by atoms with van der Waals surface area (Å²) < 4.78 is 0. The van der Waals surface area contributed by atoms with Crippen LogP contribution in [-0.4, -0.2) is 5.91 Å². The van der Waals surface area contributed by atoms with Crippen molar-refractivity contribution in [1.82, 2.24) is 0 Å². The summed E-state index contributed by atoms with van der Waals surface area (Å²) in [5, 5.41) is 5.25. The van der Waals surface area contributed by atoms with E-state index >= 15 is 0 Å². The van der Waals surface area contributed by atoms with Crippen LogP contribution in [-0.2, 0) is 4.79 Å². The van der Waals surface area contributed by atoms with E-state index in [-0.39, 0.29) is 11.8 Å². The van der Waals surface area contributed by atoms with Gasteiger partial charge in [-0.15, -0.1) is 11.3 Å². The number of fused-ring (bicyclic) bond motifs is 1. The number of carbonyl (C=O) groups excluding carboxylic acids is 1. The first-order valence-electron chi connectivity index (χ1n) is 7.75. The largest absolute Gasteiger partial charge is 0.325 e. The van der Waals surface area contributed by atoms with Gasteiger partial charge in [0.25, 0.3) is 0 Å². The van der Waals surface area contributed by atoms with Gasteiger partial charge in [0.15, 0.2) is 0 Å². The molecule has 0 saturated carbocycles. The highest BCUT2D eigenvalue weighted by Crippen LogP contribution is 2.46. The lowest BCUT2D eigenvalue weighted by molar-refractivity contribution is -0.116. The van der Waals surface area contributed by atoms with Gasteiger partial charge in [-0.25, -0.2) is 0 Å². The number of rotatable bonds is 2. The van der Waals surface area contributed by atoms with Crippen molar-refractivity contribution in [3.05, 3.63) is 76.0 Å². The molecule has 23 heavy (non-hydrogen) atoms. The van der Waals surface area contributed by atoms with Crippen molar-refractivity contribution in [2.75, 3.05) is 5.32 Å². The second kappa shape index (κ2) is 5.67. The van der Waals surface area contributed by atoms with Crippen LogP contribution in [0.3, 0.4) is 0 Å². The van der Waals surface area contributed by atoms with Crippen LogP contribution in [0.25, 0.3) is 11.1 Å². The molecule has 3 aromatic rings. The number of thiophene rings is 1. The summed E-state index contributed by atoms with van der Waals surface area (Å²) in [5.41, 5.74) is 5.72. The van der Waals surface area contributed by atoms with Crippen LogP contribution in [0.2, 0.25) is 0 Å². The van der Waals surface area contributed by atoms with E-state index in [4.69, 9.17) is 0 Å². The van der Waals surface area contributed by atoms with Crippen molar-refractivity contribution in [2.45, 2.75) is 19.3 Å². The van der Waals surface area contributed by atoms with Gasteiger partial charge >= 0.3 is 0 Å². The molecule has 1 N–H and O–H groups in total. The van der Waals surface area contributed by atoms with Gasteiger partial charge in [0.1, 0.15) is 0 Å². The number of aryl methyl sites for hydroxylation is 1. The molecule has 2 aromatic carbocycles. The fourth-order valence-electron chi connectivity index (χ4n) is 3.21. The molecule has 0 radical (unpaired) electrons. The van der Waals surface area contributed by atoms with Gasteiger partial charge in [-0.1, -0.05) is 60.2 Å². The molecular weight excluding hydrogens is 302 g/mol. The highest BCUT2D eigenvalue weighted by Gasteiger charge is 2.30. The van der Waals surface area contributed by atoms with Crippen molar-refractivity contribution >= 4 is 22.9 Å². The highest BCUT2D eigenvalue weighted by atomic mass is 32.1. The Labute approximate surface area is 139 Å². The zero-order valence-corrected chi connectivity index (χ0v) is 13.7. The average Bonchev–Trinajstić information content (AvgIpc) is 2.98. The summed E-state index contributed by atoms with van der Waals surface area (Å²) in [6, 6.07) is 18.7. The predicted molar refractivity (Wildman–Crippen MR) is 96.0 cm³/mol. The number of anilines is 1. The van der Waals surface area contributed by atoms with E-state index in [0.717, 1.165) is 16.8 Å². The second-order valence-electron chi connectivity index (χ2n) is 5.97. The summed E-state index contributed by atoms with van der Waals surface area (Å²) in [4.78, 5) is 13.5. The van der Waals surface area contributed by atoms with E-state index in [1.54, 1.807) is 11.3 Å². The van der Waals surface area contributed by atoms with Crippen molar-refractivity contribution in [3.8, 4) is 11.1 Å². The first-order chi connectivity index (χ1) is 11.2. The third-order valence-corrected chi connectivity index (χ3v) is 5.42. The molecule has 2 nitrogen and oxygen atoms in total. The molecule has 1 aliphatic rings. The molecule has 0 saturated heterocycles. The van der Waals surface area contributed by atoms with Crippen LogP contribution in [0.1, 0.15) is 28.3 Å². The van der Waals surface area contributed by atoms with Gasteiger partial charge < -0.3 is 5.32 Å². The van der Waals surface area contributed by atoms with Crippen LogP contribution < -0.4 is 5.32 Å². The normalized spacial score (nSPS) is 16.7. The topological polar surface area (TPSA) is 29.1 Å². The Morgan fingerprint density at radius 3 is 2.70 bits per heavy atom. The fraction of sp³-hybridized carbons (Fsp3) is 0.150. The van der Waals surface area contributed by atoms with Crippen molar-refractivity contribution in [3.63, 3.8) is 0 Å². The fourth-order valence-corrected chi connectivity index (χ4v) is 4.37. The molecule has 2 heterocycles. The number of carbonyl (C=O) groups is 1. The summed E-state index contributed by atoms with van der Waals surface area (Å²) >= 11 is 1.74. The van der Waals surface area contributed by atoms with E-state index < -0.39 is 0 Å². The average molecular weight is 319 g/mol. The van der Waals surface area contributed by atoms with Crippen molar-refractivity contribution < 1.29 is 4.79 Å². The molecular formula is C20H17NOS. The molecule has 0 unspecified atom stereocenters. The van der Waals surface area contributed by atoms with Gasteiger partial charge in [-0.2, -0.15) is 0 Å². The Morgan fingerprint density at radius 2 is 1.91 bits per heavy atom. The third-order valence-electron chi connectivity index (χ3n) is 4.32. The van der Waals surface area contributed by atoms with Crippen molar-refractivity contribution in [2.24, 2.45) is 0 Å². The Kier molecular flexibility index (Phi) is 3.50. The number of benzene rings is 2. The van der Waals surface area contributed by atoms with Gasteiger partial charge in [0, 0.05) is 28.2 Å². The zero-order chi connectivity index (χ0) is 15.8. The SMILES string of the molecule is Cc1cccc([C@@H]2CC(=O)Nc3c(-c4ccccc4)csc32)c1. The number of hydrogen-bond acceptors (Lipinski definition) is 2. The Morgan fingerprint density at radius 1 is 1.09 bits per heavy atom. The molecule has 0 aliphatic carbocycles. The Bertz CT molecular complexity index is 866. The van der Waals surface area contributed by atoms with Gasteiger partial charge in [-0.05, 0) is 18.1 Å². The third kappa shape index (κ3) is 2.57. The van der Waals surface area contributed by atoms with Crippen molar-refractivity contribution in [1.29, 1.82) is 0 Å². The van der Waals surface area contributed by atoms with E-state index in [0.29, 0.717) is 6.42 Å². The molecule has 3 heteroatoms. The number of hydrogen-bond donors (Lipinski definition) is 1. The molecule has 0 fully saturated rings. The summed E-state index contributed by atoms with van der Waals surface area (Å²) in [7, 11) is 0. The predicted octanol–water partition coefficient (Wildman–Crippen LogP) is 5.20. The molecule has 0 bridgehead atoms. The molecule has 0 spiro atoms. The van der Waals surface area contributed by atoms with E-state index in [9.17, 15) is 4.79 Å². The van der Waals surface area contributed by atoms with E-state index in [1.807, 2.05) is 18.2 Å². The first kappa shape index (κ1) is 14.2. The lowest BCUT2D eigenvalue weighted by atomic mass is 9.88. The van der Waals surface area contributed by atoms with E-state index in [2.05, 4.69) is 54.0 Å². The zero-order valence-electron chi connectivity index (χ0n) is 12.9. The Balaban J connectivity index is 1.83. The maximum atomic E-state index is 12.3. The molecule has 1 aromatic heterocycles. The van der Waals surface area contributed by atoms with Gasteiger partial charge in [0.2, 0.25) is 5.91 Å². The summed E-state index contributed by atoms with van der Waals surface area (Å²) in [6.07, 6.45) is 0.519. The smallest absolute Gasteiger partial charge is 0.225 e. The highest BCUT2D eigenvalue weighted by molar-refractivity contribution is 7.11. The quantitative estimate of drug-likeness (QED) is 0.691. The van der Waals surface area contributed by atoms with E-state index in [1.165, 1.54) is 16.0 Å². The first-order valence-corrected chi connectivity index (χ1v) is 8.63. The standard InChI is InChI=1S/C20H17NOS/c1-13-6-5-9-15(10-13)16-11-18(22)21-19-17(12-23-20(16)19)14-7-3-2-4-8-14/h2-10,12,16H,11H2,1H3,(H,21,22)/t16-/m0/s1. The monoisotopic (exact) mass is 319 g/mol. The van der Waals surface area contributed by atoms with Crippen LogP contribution in [0.5, 0.6) is 0 Å². The minimum Gasteiger partial charge on any atom is -0.325 e. The van der Waals surface area contributed by atoms with Gasteiger partial charge in [-0.3, -0.25) is 4.79 Å². The van der Waals surface area contributed by atoms with Crippen LogP contribution >= 0.6 is 11.3 Å². The number of nitrogens with one attached hydrogen (secondary N) is 1. The minimum atomic E-state index is 0.0968. The summed E-state index contributed by atoms with van der Waals surface area (Å²) in [5.74, 6) is 0.251. The minimum absolute atomic E-state index is 0.0968. The molecule has 1 atom stereocenters. The molecule has 1 aliphatic heterocycles. The van der Waals surface area contributed by atoms with Crippen LogP contribution in [0.15, 0.2) is 60.0 Å². The maximum absolute atomic E-state index is 12.3. The molecule has 114 valence electrons. The lowest BCUT2D eigenvalue weighted by Crippen LogP contribution is -2.22. The lowest BCUT2D eigenvalue weighted by Gasteiger charge is -2.24. The van der Waals surface area contributed by atoms with Gasteiger partial charge in [0.05, 0.1) is 5.69 Å². The number of amides is 1. The van der Waals surface area contributed by atoms with Crippen LogP contribution in [0, 0.1) is 6.92 Å². The second-order valence-corrected chi connectivity index (χ2v) is 6.88. The summed E-state index contributed by atoms with van der Waals surface area (Å²) in [6.45, 7) is 2.09. The van der Waals surface area contributed by atoms with Crippen LogP contribution in [0.4, 0.5) is 5.69 Å². The maximum Gasteiger partial charge on any atom is 0.225 e. The molecule has 4 rings (SSSR count).